The Bertz CT molecular complexity index is 374. The molecule has 3 nitrogen and oxygen atoms in total. The van der Waals surface area contributed by atoms with Gasteiger partial charge in [-0.25, -0.2) is 0 Å². The summed E-state index contributed by atoms with van der Waals surface area (Å²) in [7, 11) is 0. The molecule has 94 valence electrons. The number of rotatable bonds is 6. The van der Waals surface area contributed by atoms with E-state index in [1.165, 1.54) is 5.56 Å². The predicted molar refractivity (Wildman–Crippen MR) is 68.2 cm³/mol. The van der Waals surface area contributed by atoms with Crippen molar-refractivity contribution in [3.05, 3.63) is 29.8 Å². The third-order valence-electron chi connectivity index (χ3n) is 3.64. The van der Waals surface area contributed by atoms with Crippen molar-refractivity contribution >= 4 is 0 Å². The fraction of sp³-hybridized carbons (Fsp3) is 0.571. The quantitative estimate of drug-likeness (QED) is 0.791. The first kappa shape index (κ1) is 12.4. The molecule has 0 bridgehead atoms. The molecule has 0 amide bonds. The molecule has 1 aliphatic rings. The lowest BCUT2D eigenvalue weighted by atomic mass is 10.00. The first-order valence-corrected chi connectivity index (χ1v) is 6.29. The van der Waals surface area contributed by atoms with Gasteiger partial charge in [-0.2, -0.15) is 0 Å². The lowest BCUT2D eigenvalue weighted by Gasteiger charge is -2.12. The van der Waals surface area contributed by atoms with E-state index in [4.69, 9.17) is 10.5 Å². The van der Waals surface area contributed by atoms with Gasteiger partial charge < -0.3 is 15.6 Å². The van der Waals surface area contributed by atoms with Crippen molar-refractivity contribution in [2.45, 2.75) is 25.7 Å². The molecule has 0 aromatic heterocycles. The van der Waals surface area contributed by atoms with Crippen LogP contribution in [0.4, 0.5) is 0 Å². The molecule has 0 saturated heterocycles. The second-order valence-electron chi connectivity index (χ2n) is 4.90. The highest BCUT2D eigenvalue weighted by Gasteiger charge is 2.53. The second kappa shape index (κ2) is 5.07. The van der Waals surface area contributed by atoms with Gasteiger partial charge in [-0.05, 0) is 36.5 Å². The van der Waals surface area contributed by atoms with E-state index < -0.39 is 0 Å². The maximum Gasteiger partial charge on any atom is 0.119 e. The van der Waals surface area contributed by atoms with E-state index in [1.54, 1.807) is 0 Å². The zero-order valence-electron chi connectivity index (χ0n) is 10.4. The number of ether oxygens (including phenoxy) is 1. The Morgan fingerprint density at radius 1 is 1.53 bits per heavy atom. The number of hydrogen-bond donors (Lipinski definition) is 2. The summed E-state index contributed by atoms with van der Waals surface area (Å²) in [5.41, 5.74) is 6.89. The molecule has 0 spiro atoms. The third kappa shape index (κ3) is 2.45. The van der Waals surface area contributed by atoms with Crippen LogP contribution in [0.1, 0.15) is 31.2 Å². The summed E-state index contributed by atoms with van der Waals surface area (Å²) in [6.07, 6.45) is 1.99. The van der Waals surface area contributed by atoms with Gasteiger partial charge in [0.15, 0.2) is 0 Å². The zero-order valence-corrected chi connectivity index (χ0v) is 10.4. The van der Waals surface area contributed by atoms with Gasteiger partial charge in [-0.3, -0.25) is 0 Å². The van der Waals surface area contributed by atoms with Crippen molar-refractivity contribution in [3.63, 3.8) is 0 Å². The summed E-state index contributed by atoms with van der Waals surface area (Å²) in [6.45, 7) is 3.56. The SMILES string of the molecule is CCCOc1cccc(C2CC2(CN)CO)c1. The van der Waals surface area contributed by atoms with Gasteiger partial charge in [0.25, 0.3) is 0 Å². The molecule has 2 atom stereocenters. The minimum absolute atomic E-state index is 0.0800. The van der Waals surface area contributed by atoms with Crippen LogP contribution in [0, 0.1) is 5.41 Å². The Kier molecular flexibility index (Phi) is 3.69. The summed E-state index contributed by atoms with van der Waals surface area (Å²) >= 11 is 0. The summed E-state index contributed by atoms with van der Waals surface area (Å²) in [6, 6.07) is 8.16. The molecule has 1 aromatic rings. The zero-order chi connectivity index (χ0) is 12.3. The Balaban J connectivity index is 2.07. The van der Waals surface area contributed by atoms with Crippen LogP contribution in [0.5, 0.6) is 5.75 Å². The van der Waals surface area contributed by atoms with Crippen LogP contribution in [-0.4, -0.2) is 24.9 Å². The van der Waals surface area contributed by atoms with E-state index in [-0.39, 0.29) is 12.0 Å². The molecule has 3 heteroatoms. The topological polar surface area (TPSA) is 55.5 Å². The molecule has 0 radical (unpaired) electrons. The van der Waals surface area contributed by atoms with Crippen LogP contribution in [0.2, 0.25) is 0 Å². The maximum atomic E-state index is 9.39. The Labute approximate surface area is 103 Å². The van der Waals surface area contributed by atoms with E-state index in [2.05, 4.69) is 19.1 Å². The first-order valence-electron chi connectivity index (χ1n) is 6.29. The van der Waals surface area contributed by atoms with E-state index in [1.807, 2.05) is 12.1 Å². The number of aliphatic hydroxyl groups excluding tert-OH is 1. The molecule has 0 heterocycles. The number of hydrogen-bond acceptors (Lipinski definition) is 3. The highest BCUT2D eigenvalue weighted by atomic mass is 16.5. The molecular weight excluding hydrogens is 214 g/mol. The van der Waals surface area contributed by atoms with Gasteiger partial charge >= 0.3 is 0 Å². The molecule has 2 rings (SSSR count). The standard InChI is InChI=1S/C14H21NO2/c1-2-6-17-12-5-3-4-11(7-12)13-8-14(13,9-15)10-16/h3-5,7,13,16H,2,6,8-10,15H2,1H3. The molecule has 1 saturated carbocycles. The van der Waals surface area contributed by atoms with Gasteiger partial charge in [0.2, 0.25) is 0 Å². The minimum atomic E-state index is -0.0800. The van der Waals surface area contributed by atoms with Gasteiger partial charge in [-0.1, -0.05) is 19.1 Å². The van der Waals surface area contributed by atoms with E-state index in [0.29, 0.717) is 12.5 Å². The largest absolute Gasteiger partial charge is 0.494 e. The lowest BCUT2D eigenvalue weighted by molar-refractivity contribution is 0.211. The molecule has 1 aromatic carbocycles. The molecule has 1 fully saturated rings. The van der Waals surface area contributed by atoms with Gasteiger partial charge in [0.05, 0.1) is 13.2 Å². The number of benzene rings is 1. The normalized spacial score (nSPS) is 26.9. The van der Waals surface area contributed by atoms with Crippen LogP contribution in [-0.2, 0) is 0 Å². The average Bonchev–Trinajstić information content (AvgIpc) is 3.12. The van der Waals surface area contributed by atoms with Crippen molar-refractivity contribution in [1.82, 2.24) is 0 Å². The van der Waals surface area contributed by atoms with E-state index >= 15 is 0 Å². The van der Waals surface area contributed by atoms with Crippen LogP contribution < -0.4 is 10.5 Å². The second-order valence-corrected chi connectivity index (χ2v) is 4.90. The van der Waals surface area contributed by atoms with Crippen molar-refractivity contribution in [1.29, 1.82) is 0 Å². The summed E-state index contributed by atoms with van der Waals surface area (Å²) in [5.74, 6) is 1.31. The lowest BCUT2D eigenvalue weighted by Crippen LogP contribution is -2.21. The summed E-state index contributed by atoms with van der Waals surface area (Å²) in [5, 5.41) is 9.39. The van der Waals surface area contributed by atoms with Crippen LogP contribution >= 0.6 is 0 Å². The highest BCUT2D eigenvalue weighted by molar-refractivity contribution is 5.36. The smallest absolute Gasteiger partial charge is 0.119 e. The average molecular weight is 235 g/mol. The molecule has 0 aliphatic heterocycles. The summed E-state index contributed by atoms with van der Waals surface area (Å²) in [4.78, 5) is 0. The predicted octanol–water partition coefficient (Wildman–Crippen LogP) is 1.90. The monoisotopic (exact) mass is 235 g/mol. The first-order chi connectivity index (χ1) is 8.25. The van der Waals surface area contributed by atoms with Crippen LogP contribution in [0.25, 0.3) is 0 Å². The molecule has 17 heavy (non-hydrogen) atoms. The fourth-order valence-electron chi connectivity index (χ4n) is 2.32. The molecule has 3 N–H and O–H groups in total. The van der Waals surface area contributed by atoms with Crippen LogP contribution in [0.15, 0.2) is 24.3 Å². The number of aliphatic hydroxyl groups is 1. The van der Waals surface area contributed by atoms with Crippen molar-refractivity contribution < 1.29 is 9.84 Å². The van der Waals surface area contributed by atoms with Crippen molar-refractivity contribution in [2.75, 3.05) is 19.8 Å². The van der Waals surface area contributed by atoms with Crippen molar-refractivity contribution in [2.24, 2.45) is 11.1 Å². The molecule has 1 aliphatic carbocycles. The number of nitrogens with two attached hydrogens (primary N) is 1. The van der Waals surface area contributed by atoms with E-state index in [9.17, 15) is 5.11 Å². The van der Waals surface area contributed by atoms with Gasteiger partial charge in [-0.15, -0.1) is 0 Å². The van der Waals surface area contributed by atoms with Gasteiger partial charge in [0, 0.05) is 12.0 Å². The molecule has 2 unspecified atom stereocenters. The van der Waals surface area contributed by atoms with Crippen LogP contribution in [0.3, 0.4) is 0 Å². The van der Waals surface area contributed by atoms with Crippen molar-refractivity contribution in [3.8, 4) is 5.75 Å². The van der Waals surface area contributed by atoms with Gasteiger partial charge in [0.1, 0.15) is 5.75 Å². The Morgan fingerprint density at radius 2 is 2.35 bits per heavy atom. The minimum Gasteiger partial charge on any atom is -0.494 e. The Morgan fingerprint density at radius 3 is 2.94 bits per heavy atom. The fourth-order valence-corrected chi connectivity index (χ4v) is 2.32. The maximum absolute atomic E-state index is 9.39. The Hall–Kier alpha value is -1.06. The van der Waals surface area contributed by atoms with E-state index in [0.717, 1.165) is 25.2 Å². The third-order valence-corrected chi connectivity index (χ3v) is 3.64. The molecular formula is C14H21NO2. The highest BCUT2D eigenvalue weighted by Crippen LogP contribution is 2.58. The summed E-state index contributed by atoms with van der Waals surface area (Å²) < 4.78 is 5.62.